The van der Waals surface area contributed by atoms with E-state index in [1.54, 1.807) is 55.4 Å². The van der Waals surface area contributed by atoms with Crippen LogP contribution < -0.4 is 22.1 Å². The summed E-state index contributed by atoms with van der Waals surface area (Å²) in [5.74, 6) is -3.28. The highest BCUT2D eigenvalue weighted by Gasteiger charge is 2.21. The first kappa shape index (κ1) is 40.2. The number of benzene rings is 2. The maximum Gasteiger partial charge on any atom is 0.340 e. The van der Waals surface area contributed by atoms with Gasteiger partial charge in [0.25, 0.3) is 0 Å². The summed E-state index contributed by atoms with van der Waals surface area (Å²) in [6.45, 7) is 15.0. The van der Waals surface area contributed by atoms with Gasteiger partial charge in [-0.05, 0) is 98.7 Å². The summed E-state index contributed by atoms with van der Waals surface area (Å²) >= 11 is 0. The molecule has 47 heavy (non-hydrogen) atoms. The third-order valence-electron chi connectivity index (χ3n) is 5.45. The SMILES string of the molecule is CC(C)OC(=O)c1ccc(C(=O)OC(C)C)c(NC(=O)C(C)N)c1.CC(C)OC(=O)c1ccc(C(=O)OC(C)C)c(NC(=O)CN)c1. The number of nitrogens with two attached hydrogens (primary N) is 2. The topological polar surface area (TPSA) is 215 Å². The standard InChI is InChI=1S/C17H24N2O5.C16H22N2O5/c1-9(2)23-16(21)12-6-7-13(17(22)24-10(3)4)14(8-12)19-15(20)11(5)18;1-9(2)22-15(20)11-5-6-12(16(21)23-10(3)4)13(7-11)18-14(19)8-17/h6-11H,18H2,1-5H3,(H,19,20);5-7,9-10H,8,17H2,1-4H3,(H,18,19). The molecule has 0 fully saturated rings. The van der Waals surface area contributed by atoms with Crippen LogP contribution in [-0.4, -0.2) is 72.7 Å². The minimum Gasteiger partial charge on any atom is -0.459 e. The van der Waals surface area contributed by atoms with Crippen molar-refractivity contribution in [2.45, 2.75) is 92.8 Å². The van der Waals surface area contributed by atoms with Crippen LogP contribution in [-0.2, 0) is 28.5 Å². The molecule has 2 aromatic rings. The Kier molecular flexibility index (Phi) is 16.2. The van der Waals surface area contributed by atoms with Gasteiger partial charge in [-0.2, -0.15) is 0 Å². The van der Waals surface area contributed by atoms with Gasteiger partial charge in [0, 0.05) is 0 Å². The van der Waals surface area contributed by atoms with Crippen molar-refractivity contribution in [1.29, 1.82) is 0 Å². The highest BCUT2D eigenvalue weighted by atomic mass is 16.6. The smallest absolute Gasteiger partial charge is 0.340 e. The molecule has 0 saturated heterocycles. The number of esters is 4. The van der Waals surface area contributed by atoms with Gasteiger partial charge in [0.05, 0.1) is 70.6 Å². The van der Waals surface area contributed by atoms with E-state index in [1.807, 2.05) is 0 Å². The summed E-state index contributed by atoms with van der Waals surface area (Å²) in [7, 11) is 0. The highest BCUT2D eigenvalue weighted by Crippen LogP contribution is 2.22. The number of hydrogen-bond acceptors (Lipinski definition) is 12. The molecule has 0 aliphatic carbocycles. The van der Waals surface area contributed by atoms with Crippen LogP contribution in [0.4, 0.5) is 11.4 Å². The van der Waals surface area contributed by atoms with Crippen LogP contribution in [0, 0.1) is 0 Å². The summed E-state index contributed by atoms with van der Waals surface area (Å²) in [5, 5.41) is 5.03. The minimum absolute atomic E-state index is 0.138. The molecular formula is C33H46N4O10. The first-order valence-electron chi connectivity index (χ1n) is 15.0. The van der Waals surface area contributed by atoms with Gasteiger partial charge in [0.15, 0.2) is 0 Å². The molecule has 2 aromatic carbocycles. The van der Waals surface area contributed by atoms with Gasteiger partial charge < -0.3 is 41.0 Å². The normalized spacial score (nSPS) is 11.3. The third kappa shape index (κ3) is 14.0. The zero-order valence-corrected chi connectivity index (χ0v) is 28.3. The zero-order valence-electron chi connectivity index (χ0n) is 28.3. The fraction of sp³-hybridized carbons (Fsp3) is 0.455. The number of amides is 2. The summed E-state index contributed by atoms with van der Waals surface area (Å²) in [5.41, 5.74) is 11.8. The Morgan fingerprint density at radius 3 is 1.23 bits per heavy atom. The van der Waals surface area contributed by atoms with Crippen molar-refractivity contribution < 1.29 is 47.7 Å². The van der Waals surface area contributed by atoms with Crippen LogP contribution in [0.15, 0.2) is 36.4 Å². The maximum absolute atomic E-state index is 12.2. The molecule has 0 spiro atoms. The van der Waals surface area contributed by atoms with Crippen molar-refractivity contribution in [3.63, 3.8) is 0 Å². The number of rotatable bonds is 12. The molecule has 0 radical (unpaired) electrons. The Morgan fingerprint density at radius 1 is 0.574 bits per heavy atom. The van der Waals surface area contributed by atoms with E-state index >= 15 is 0 Å². The zero-order chi connectivity index (χ0) is 36.0. The molecule has 0 aromatic heterocycles. The maximum atomic E-state index is 12.2. The molecule has 258 valence electrons. The van der Waals surface area contributed by atoms with Gasteiger partial charge in [-0.1, -0.05) is 0 Å². The second-order valence-electron chi connectivity index (χ2n) is 11.4. The molecule has 0 heterocycles. The molecule has 0 aliphatic heterocycles. The van der Waals surface area contributed by atoms with Crippen LogP contribution in [0.1, 0.15) is 104 Å². The van der Waals surface area contributed by atoms with E-state index < -0.39 is 41.7 Å². The number of carbonyl (C=O) groups is 6. The van der Waals surface area contributed by atoms with Crippen molar-refractivity contribution in [1.82, 2.24) is 0 Å². The lowest BCUT2D eigenvalue weighted by Gasteiger charge is -2.15. The Balaban J connectivity index is 0.000000470. The van der Waals surface area contributed by atoms with Gasteiger partial charge in [-0.25, -0.2) is 19.2 Å². The average molecular weight is 659 g/mol. The van der Waals surface area contributed by atoms with Crippen molar-refractivity contribution in [3.8, 4) is 0 Å². The Bertz CT molecular complexity index is 1430. The van der Waals surface area contributed by atoms with Gasteiger partial charge in [-0.3, -0.25) is 9.59 Å². The van der Waals surface area contributed by atoms with Crippen LogP contribution in [0.2, 0.25) is 0 Å². The lowest BCUT2D eigenvalue weighted by molar-refractivity contribution is -0.117. The van der Waals surface area contributed by atoms with Crippen molar-refractivity contribution in [2.75, 3.05) is 17.2 Å². The Morgan fingerprint density at radius 2 is 0.915 bits per heavy atom. The molecule has 0 bridgehead atoms. The van der Waals surface area contributed by atoms with Crippen LogP contribution in [0.3, 0.4) is 0 Å². The molecule has 14 heteroatoms. The lowest BCUT2D eigenvalue weighted by atomic mass is 10.1. The number of nitrogens with one attached hydrogen (secondary N) is 2. The molecule has 2 amide bonds. The molecule has 0 aliphatic rings. The van der Waals surface area contributed by atoms with Gasteiger partial charge in [0.2, 0.25) is 11.8 Å². The monoisotopic (exact) mass is 658 g/mol. The van der Waals surface area contributed by atoms with Crippen molar-refractivity contribution >= 4 is 47.1 Å². The van der Waals surface area contributed by atoms with Crippen molar-refractivity contribution in [2.24, 2.45) is 11.5 Å². The van der Waals surface area contributed by atoms with E-state index in [0.29, 0.717) is 0 Å². The summed E-state index contributed by atoms with van der Waals surface area (Å²) in [6, 6.07) is 7.69. The van der Waals surface area contributed by atoms with E-state index in [4.69, 9.17) is 30.4 Å². The quantitative estimate of drug-likeness (QED) is 0.189. The van der Waals surface area contributed by atoms with E-state index in [9.17, 15) is 28.8 Å². The first-order valence-corrected chi connectivity index (χ1v) is 15.0. The predicted molar refractivity (Wildman–Crippen MR) is 175 cm³/mol. The summed E-state index contributed by atoms with van der Waals surface area (Å²) in [4.78, 5) is 71.6. The van der Waals surface area contributed by atoms with Gasteiger partial charge >= 0.3 is 23.9 Å². The summed E-state index contributed by atoms with van der Waals surface area (Å²) < 4.78 is 20.5. The fourth-order valence-corrected chi connectivity index (χ4v) is 3.47. The number of carbonyl (C=O) groups excluding carboxylic acids is 6. The minimum atomic E-state index is -0.773. The molecule has 1 unspecified atom stereocenters. The lowest BCUT2D eigenvalue weighted by Crippen LogP contribution is -2.33. The molecule has 1 atom stereocenters. The van der Waals surface area contributed by atoms with Gasteiger partial charge in [-0.15, -0.1) is 0 Å². The van der Waals surface area contributed by atoms with E-state index in [2.05, 4.69) is 10.6 Å². The largest absolute Gasteiger partial charge is 0.459 e. The fourth-order valence-electron chi connectivity index (χ4n) is 3.47. The predicted octanol–water partition coefficient (Wildman–Crippen LogP) is 3.82. The molecule has 2 rings (SSSR count). The van der Waals surface area contributed by atoms with E-state index in [0.717, 1.165) is 0 Å². The number of ether oxygens (including phenoxy) is 4. The van der Waals surface area contributed by atoms with E-state index in [1.165, 1.54) is 43.3 Å². The Labute approximate surface area is 274 Å². The molecular weight excluding hydrogens is 612 g/mol. The van der Waals surface area contributed by atoms with Crippen LogP contribution in [0.5, 0.6) is 0 Å². The molecule has 6 N–H and O–H groups in total. The van der Waals surface area contributed by atoms with Crippen molar-refractivity contribution in [3.05, 3.63) is 58.7 Å². The van der Waals surface area contributed by atoms with Gasteiger partial charge in [0.1, 0.15) is 0 Å². The molecule has 14 nitrogen and oxygen atoms in total. The van der Waals surface area contributed by atoms with Crippen LogP contribution in [0.25, 0.3) is 0 Å². The number of anilines is 2. The third-order valence-corrected chi connectivity index (χ3v) is 5.45. The molecule has 0 saturated carbocycles. The van der Waals surface area contributed by atoms with Crippen LogP contribution >= 0.6 is 0 Å². The van der Waals surface area contributed by atoms with E-state index in [-0.39, 0.29) is 64.6 Å². The number of hydrogen-bond donors (Lipinski definition) is 4. The second kappa shape index (κ2) is 19.0. The highest BCUT2D eigenvalue weighted by molar-refractivity contribution is 6.05. The second-order valence-corrected chi connectivity index (χ2v) is 11.4. The summed E-state index contributed by atoms with van der Waals surface area (Å²) in [6.07, 6.45) is -1.20. The first-order chi connectivity index (χ1) is 21.9. The average Bonchev–Trinajstić information content (AvgIpc) is 2.95. The Hall–Kier alpha value is -4.82.